The average Bonchev–Trinajstić information content (AvgIpc) is 3.06. The van der Waals surface area contributed by atoms with Crippen molar-refractivity contribution >= 4 is 28.7 Å². The maximum absolute atomic E-state index is 5.11. The van der Waals surface area contributed by atoms with Crippen LogP contribution in [0.1, 0.15) is 37.6 Å². The predicted octanol–water partition coefficient (Wildman–Crippen LogP) is 3.66. The molecule has 0 amide bonds. The first-order valence-electron chi connectivity index (χ1n) is 9.89. The van der Waals surface area contributed by atoms with Crippen LogP contribution < -0.4 is 0 Å². The lowest BCUT2D eigenvalue weighted by Gasteiger charge is -2.38. The van der Waals surface area contributed by atoms with Crippen molar-refractivity contribution in [3.8, 4) is 0 Å². The summed E-state index contributed by atoms with van der Waals surface area (Å²) < 4.78 is 0. The normalized spacial score (nSPS) is 23.9. The van der Waals surface area contributed by atoms with Crippen molar-refractivity contribution < 1.29 is 0 Å². The van der Waals surface area contributed by atoms with Crippen molar-refractivity contribution in [2.24, 2.45) is 9.98 Å². The van der Waals surface area contributed by atoms with Gasteiger partial charge in [-0.1, -0.05) is 12.5 Å². The lowest BCUT2D eigenvalue weighted by molar-refractivity contribution is 0.216. The van der Waals surface area contributed by atoms with E-state index in [0.29, 0.717) is 0 Å². The average molecular weight is 384 g/mol. The number of rotatable bonds is 2. The Morgan fingerprint density at radius 1 is 1.19 bits per heavy atom. The molecule has 0 aromatic carbocycles. The summed E-state index contributed by atoms with van der Waals surface area (Å²) in [5.41, 5.74) is 3.90. The highest BCUT2D eigenvalue weighted by atomic mass is 32.1. The van der Waals surface area contributed by atoms with Gasteiger partial charge >= 0.3 is 0 Å². The Bertz CT molecular complexity index is 823. The minimum absolute atomic E-state index is 0.271. The largest absolute Gasteiger partial charge is 0.351 e. The van der Waals surface area contributed by atoms with E-state index >= 15 is 0 Å². The van der Waals surface area contributed by atoms with E-state index < -0.39 is 0 Å². The number of fused-ring (bicyclic) bond motifs is 1. The molecule has 0 aliphatic carbocycles. The summed E-state index contributed by atoms with van der Waals surface area (Å²) in [4.78, 5) is 18.4. The molecule has 1 fully saturated rings. The number of amidine groups is 2. The fourth-order valence-corrected chi connectivity index (χ4v) is 4.96. The topological polar surface area (TPSA) is 34.4 Å². The molecule has 0 radical (unpaired) electrons. The fourth-order valence-electron chi connectivity index (χ4n) is 3.96. The van der Waals surface area contributed by atoms with E-state index in [1.165, 1.54) is 16.0 Å². The number of hydrogen-bond donors (Lipinski definition) is 0. The van der Waals surface area contributed by atoms with Crippen molar-refractivity contribution in [2.45, 2.75) is 39.7 Å². The van der Waals surface area contributed by atoms with Crippen LogP contribution in [0.2, 0.25) is 0 Å². The lowest BCUT2D eigenvalue weighted by atomic mass is 10.1. The Labute approximate surface area is 166 Å². The summed E-state index contributed by atoms with van der Waals surface area (Å²) in [5.74, 6) is 2.04. The van der Waals surface area contributed by atoms with Crippen LogP contribution >= 0.6 is 11.3 Å². The molecule has 1 atom stereocenters. The number of likely N-dealkylation sites (N-methyl/N-ethyl adjacent to an activating group) is 1. The zero-order valence-electron chi connectivity index (χ0n) is 16.8. The van der Waals surface area contributed by atoms with Gasteiger partial charge in [-0.2, -0.15) is 0 Å². The summed E-state index contributed by atoms with van der Waals surface area (Å²) in [6.07, 6.45) is 6.36. The van der Waals surface area contributed by atoms with E-state index in [-0.39, 0.29) is 6.04 Å². The number of nitrogens with zero attached hydrogens (tertiary/aromatic N) is 5. The van der Waals surface area contributed by atoms with Gasteiger partial charge in [-0.15, -0.1) is 11.3 Å². The van der Waals surface area contributed by atoms with Crippen molar-refractivity contribution in [1.82, 2.24) is 14.7 Å². The predicted molar refractivity (Wildman–Crippen MR) is 115 cm³/mol. The van der Waals surface area contributed by atoms with Gasteiger partial charge in [-0.05, 0) is 50.7 Å². The molecule has 1 saturated heterocycles. The molecular weight excluding hydrogens is 354 g/mol. The summed E-state index contributed by atoms with van der Waals surface area (Å²) in [6.45, 7) is 10.8. The molecule has 0 saturated carbocycles. The quantitative estimate of drug-likeness (QED) is 0.782. The van der Waals surface area contributed by atoms with Crippen molar-refractivity contribution in [3.63, 3.8) is 0 Å². The monoisotopic (exact) mass is 383 g/mol. The molecule has 5 nitrogen and oxygen atoms in total. The molecule has 4 rings (SSSR count). The highest BCUT2D eigenvalue weighted by molar-refractivity contribution is 7.11. The lowest BCUT2D eigenvalue weighted by Crippen LogP contribution is -2.52. The number of hydrogen-bond acceptors (Lipinski definition) is 6. The zero-order valence-corrected chi connectivity index (χ0v) is 17.6. The third-order valence-corrected chi connectivity index (χ3v) is 6.45. The third-order valence-electron chi connectivity index (χ3n) is 5.47. The van der Waals surface area contributed by atoms with E-state index in [9.17, 15) is 0 Å². The van der Waals surface area contributed by atoms with Crippen LogP contribution in [0.4, 0.5) is 0 Å². The molecule has 1 aromatic heterocycles. The number of aliphatic imine (C=N–C) groups is 2. The Hall–Kier alpha value is -1.92. The molecule has 3 aliphatic rings. The minimum Gasteiger partial charge on any atom is -0.351 e. The fraction of sp³-hybridized carbons (Fsp3) is 0.524. The van der Waals surface area contributed by atoms with E-state index in [4.69, 9.17) is 9.98 Å². The molecule has 4 heterocycles. The molecule has 1 aromatic rings. The van der Waals surface area contributed by atoms with E-state index in [1.807, 2.05) is 0 Å². The van der Waals surface area contributed by atoms with E-state index in [2.05, 4.69) is 66.4 Å². The second-order valence-corrected chi connectivity index (χ2v) is 8.65. The molecule has 0 bridgehead atoms. The van der Waals surface area contributed by atoms with Gasteiger partial charge in [-0.25, -0.2) is 4.99 Å². The highest BCUT2D eigenvalue weighted by Gasteiger charge is 2.32. The molecule has 0 spiro atoms. The van der Waals surface area contributed by atoms with E-state index in [0.717, 1.165) is 56.4 Å². The van der Waals surface area contributed by atoms with Gasteiger partial charge < -0.3 is 9.80 Å². The number of thiophene rings is 1. The van der Waals surface area contributed by atoms with Crippen LogP contribution in [0.5, 0.6) is 0 Å². The van der Waals surface area contributed by atoms with Gasteiger partial charge in [0.05, 0.1) is 22.8 Å². The number of piperazine rings is 1. The second-order valence-electron chi connectivity index (χ2n) is 7.74. The first kappa shape index (κ1) is 18.4. The summed E-state index contributed by atoms with van der Waals surface area (Å²) in [7, 11) is 2.19. The van der Waals surface area contributed by atoms with Crippen molar-refractivity contribution in [3.05, 3.63) is 39.9 Å². The van der Waals surface area contributed by atoms with Crippen LogP contribution in [-0.2, 0) is 6.42 Å². The Morgan fingerprint density at radius 3 is 2.70 bits per heavy atom. The number of aryl methyl sites for hydroxylation is 1. The first-order valence-corrected chi connectivity index (χ1v) is 10.8. The smallest absolute Gasteiger partial charge is 0.176 e. The van der Waals surface area contributed by atoms with Crippen LogP contribution in [0.25, 0.3) is 5.70 Å². The Morgan fingerprint density at radius 2 is 1.96 bits per heavy atom. The van der Waals surface area contributed by atoms with Gasteiger partial charge in [-0.3, -0.25) is 9.89 Å². The molecule has 1 unspecified atom stereocenters. The van der Waals surface area contributed by atoms with Crippen LogP contribution in [0.15, 0.2) is 39.4 Å². The third kappa shape index (κ3) is 3.60. The Kier molecular flexibility index (Phi) is 5.19. The molecule has 27 heavy (non-hydrogen) atoms. The molecular formula is C21H29N5S. The SMILES string of the molecule is CCc1ccsc1C1=CN=C(N2CCN(C)CC2)C2=NC(C)CC(C)=CN12. The van der Waals surface area contributed by atoms with E-state index in [1.54, 1.807) is 11.3 Å². The first-order chi connectivity index (χ1) is 13.1. The van der Waals surface area contributed by atoms with Gasteiger partial charge in [0.2, 0.25) is 0 Å². The maximum atomic E-state index is 5.11. The van der Waals surface area contributed by atoms with Crippen LogP contribution in [0, 0.1) is 0 Å². The molecule has 6 heteroatoms. The van der Waals surface area contributed by atoms with Crippen molar-refractivity contribution in [2.75, 3.05) is 33.2 Å². The van der Waals surface area contributed by atoms with Gasteiger partial charge in [0.15, 0.2) is 11.7 Å². The summed E-state index contributed by atoms with van der Waals surface area (Å²) in [6, 6.07) is 2.50. The Balaban J connectivity index is 1.79. The summed E-state index contributed by atoms with van der Waals surface area (Å²) in [5, 5.41) is 2.18. The molecule has 144 valence electrons. The van der Waals surface area contributed by atoms with Crippen LogP contribution in [0.3, 0.4) is 0 Å². The standard InChI is InChI=1S/C21H29N5S/c1-5-17-6-11-27-19(17)18-13-22-20(25-9-7-24(4)8-10-25)21-23-16(3)12-15(2)14-26(18)21/h6,11,13-14,16H,5,7-10,12H2,1-4H3. The van der Waals surface area contributed by atoms with Gasteiger partial charge in [0.25, 0.3) is 0 Å². The molecule has 0 N–H and O–H groups in total. The highest BCUT2D eigenvalue weighted by Crippen LogP contribution is 2.34. The van der Waals surface area contributed by atoms with Gasteiger partial charge in [0.1, 0.15) is 0 Å². The van der Waals surface area contributed by atoms with Crippen molar-refractivity contribution in [1.29, 1.82) is 0 Å². The van der Waals surface area contributed by atoms with Gasteiger partial charge in [0, 0.05) is 32.4 Å². The molecule has 3 aliphatic heterocycles. The maximum Gasteiger partial charge on any atom is 0.176 e. The zero-order chi connectivity index (χ0) is 19.0. The minimum atomic E-state index is 0.271. The summed E-state index contributed by atoms with van der Waals surface area (Å²) >= 11 is 1.80. The van der Waals surface area contributed by atoms with Crippen LogP contribution in [-0.4, -0.2) is 65.6 Å². The second kappa shape index (κ2) is 7.60.